The molecule has 2 heterocycles. The van der Waals surface area contributed by atoms with Gasteiger partial charge in [-0.15, -0.1) is 0 Å². The molecule has 0 spiro atoms. The number of carbonyl (C=O) groups is 1. The van der Waals surface area contributed by atoms with Gasteiger partial charge in [0.2, 0.25) is 5.56 Å². The molecule has 1 atom stereocenters. The summed E-state index contributed by atoms with van der Waals surface area (Å²) in [6.45, 7) is 1.25. The lowest BCUT2D eigenvalue weighted by Crippen LogP contribution is -2.32. The number of H-pyrrole nitrogens is 1. The fourth-order valence-electron chi connectivity index (χ4n) is 1.73. The van der Waals surface area contributed by atoms with Gasteiger partial charge in [0, 0.05) is 37.0 Å². The van der Waals surface area contributed by atoms with E-state index in [1.54, 1.807) is 11.0 Å². The molecule has 0 aromatic carbocycles. The summed E-state index contributed by atoms with van der Waals surface area (Å²) < 4.78 is 0. The van der Waals surface area contributed by atoms with E-state index in [1.165, 1.54) is 12.3 Å². The number of carbonyl (C=O) groups excluding carboxylic acids is 1. The van der Waals surface area contributed by atoms with Crippen molar-refractivity contribution in [2.45, 2.75) is 12.5 Å². The molecule has 1 aromatic rings. The van der Waals surface area contributed by atoms with Crippen molar-refractivity contribution in [3.63, 3.8) is 0 Å². The summed E-state index contributed by atoms with van der Waals surface area (Å²) in [5.41, 5.74) is 5.87. The fraction of sp³-hybridized carbons (Fsp3) is 0.400. The predicted octanol–water partition coefficient (Wildman–Crippen LogP) is -0.452. The van der Waals surface area contributed by atoms with Gasteiger partial charge in [-0.05, 0) is 12.5 Å². The number of aromatic nitrogens is 1. The summed E-state index contributed by atoms with van der Waals surface area (Å²) >= 11 is 0. The van der Waals surface area contributed by atoms with Crippen LogP contribution in [-0.4, -0.2) is 34.9 Å². The van der Waals surface area contributed by atoms with E-state index in [1.807, 2.05) is 0 Å². The van der Waals surface area contributed by atoms with Gasteiger partial charge in [0.15, 0.2) is 0 Å². The van der Waals surface area contributed by atoms with Crippen LogP contribution in [-0.2, 0) is 0 Å². The highest BCUT2D eigenvalue weighted by Gasteiger charge is 2.24. The van der Waals surface area contributed by atoms with Crippen molar-refractivity contribution in [1.82, 2.24) is 9.88 Å². The average molecular weight is 207 g/mol. The van der Waals surface area contributed by atoms with E-state index in [0.29, 0.717) is 18.7 Å². The zero-order valence-electron chi connectivity index (χ0n) is 8.27. The number of nitrogens with two attached hydrogens (primary N) is 1. The summed E-state index contributed by atoms with van der Waals surface area (Å²) in [5.74, 6) is -0.117. The lowest BCUT2D eigenvalue weighted by Gasteiger charge is -2.15. The molecule has 1 amide bonds. The Bertz CT molecular complexity index is 427. The smallest absolute Gasteiger partial charge is 0.254 e. The maximum Gasteiger partial charge on any atom is 0.254 e. The number of amides is 1. The van der Waals surface area contributed by atoms with E-state index in [0.717, 1.165) is 6.42 Å². The van der Waals surface area contributed by atoms with Gasteiger partial charge < -0.3 is 15.6 Å². The van der Waals surface area contributed by atoms with Crippen molar-refractivity contribution in [1.29, 1.82) is 0 Å². The SMILES string of the molecule is N[C@@H]1CCN(C(=O)c2cc[nH]c(=O)c2)C1. The van der Waals surface area contributed by atoms with Crippen LogP contribution >= 0.6 is 0 Å². The monoisotopic (exact) mass is 207 g/mol. The van der Waals surface area contributed by atoms with Crippen molar-refractivity contribution in [3.8, 4) is 0 Å². The maximum absolute atomic E-state index is 11.9. The second-order valence-corrected chi connectivity index (χ2v) is 3.74. The summed E-state index contributed by atoms with van der Waals surface area (Å²) in [4.78, 5) is 27.0. The van der Waals surface area contributed by atoms with E-state index >= 15 is 0 Å². The molecular weight excluding hydrogens is 194 g/mol. The topological polar surface area (TPSA) is 79.2 Å². The normalized spacial score (nSPS) is 20.6. The number of nitrogens with one attached hydrogen (secondary N) is 1. The minimum Gasteiger partial charge on any atom is -0.337 e. The number of pyridine rings is 1. The van der Waals surface area contributed by atoms with Gasteiger partial charge >= 0.3 is 0 Å². The number of hydrogen-bond acceptors (Lipinski definition) is 3. The second-order valence-electron chi connectivity index (χ2n) is 3.74. The standard InChI is InChI=1S/C10H13N3O2/c11-8-2-4-13(6-8)10(15)7-1-3-12-9(14)5-7/h1,3,5,8H,2,4,6,11H2,(H,12,14)/t8-/m1/s1. The number of nitrogens with zero attached hydrogens (tertiary/aromatic N) is 1. The lowest BCUT2D eigenvalue weighted by atomic mass is 10.2. The van der Waals surface area contributed by atoms with Crippen molar-refractivity contribution < 1.29 is 4.79 Å². The number of aromatic amines is 1. The number of hydrogen-bond donors (Lipinski definition) is 2. The van der Waals surface area contributed by atoms with Crippen LogP contribution in [0, 0.1) is 0 Å². The van der Waals surface area contributed by atoms with E-state index < -0.39 is 0 Å². The molecule has 5 nitrogen and oxygen atoms in total. The van der Waals surface area contributed by atoms with E-state index in [4.69, 9.17) is 5.73 Å². The zero-order valence-corrected chi connectivity index (χ0v) is 8.27. The largest absolute Gasteiger partial charge is 0.337 e. The lowest BCUT2D eigenvalue weighted by molar-refractivity contribution is 0.0790. The average Bonchev–Trinajstić information content (AvgIpc) is 2.64. The van der Waals surface area contributed by atoms with Gasteiger partial charge in [-0.25, -0.2) is 0 Å². The van der Waals surface area contributed by atoms with Gasteiger partial charge in [-0.3, -0.25) is 9.59 Å². The Balaban J connectivity index is 2.18. The quantitative estimate of drug-likeness (QED) is 0.654. The molecule has 0 aliphatic carbocycles. The van der Waals surface area contributed by atoms with E-state index in [-0.39, 0.29) is 17.5 Å². The summed E-state index contributed by atoms with van der Waals surface area (Å²) in [6.07, 6.45) is 2.31. The Morgan fingerprint density at radius 2 is 2.40 bits per heavy atom. The van der Waals surface area contributed by atoms with Gasteiger partial charge in [0.25, 0.3) is 5.91 Å². The number of rotatable bonds is 1. The summed E-state index contributed by atoms with van der Waals surface area (Å²) in [6, 6.07) is 2.98. The van der Waals surface area contributed by atoms with E-state index in [9.17, 15) is 9.59 Å². The molecule has 1 aromatic heterocycles. The minimum absolute atomic E-state index is 0.0657. The molecule has 80 valence electrons. The molecule has 2 rings (SSSR count). The van der Waals surface area contributed by atoms with Gasteiger partial charge in [0.1, 0.15) is 0 Å². The van der Waals surface area contributed by atoms with Crippen molar-refractivity contribution >= 4 is 5.91 Å². The zero-order chi connectivity index (χ0) is 10.8. The summed E-state index contributed by atoms with van der Waals surface area (Å²) in [7, 11) is 0. The van der Waals surface area contributed by atoms with Crippen LogP contribution in [0.5, 0.6) is 0 Å². The van der Waals surface area contributed by atoms with Gasteiger partial charge in [-0.2, -0.15) is 0 Å². The van der Waals surface area contributed by atoms with Crippen LogP contribution in [0.2, 0.25) is 0 Å². The molecule has 0 unspecified atom stereocenters. The van der Waals surface area contributed by atoms with E-state index in [2.05, 4.69) is 4.98 Å². The molecule has 0 saturated carbocycles. The molecule has 1 aliphatic heterocycles. The molecule has 1 saturated heterocycles. The van der Waals surface area contributed by atoms with Gasteiger partial charge in [-0.1, -0.05) is 0 Å². The Kier molecular flexibility index (Phi) is 2.55. The van der Waals surface area contributed by atoms with Crippen molar-refractivity contribution in [3.05, 3.63) is 34.2 Å². The third-order valence-electron chi connectivity index (χ3n) is 2.53. The molecule has 15 heavy (non-hydrogen) atoms. The van der Waals surface area contributed by atoms with Crippen molar-refractivity contribution in [2.24, 2.45) is 5.73 Å². The highest BCUT2D eigenvalue weighted by molar-refractivity contribution is 5.94. The third-order valence-corrected chi connectivity index (χ3v) is 2.53. The first-order valence-corrected chi connectivity index (χ1v) is 4.90. The Hall–Kier alpha value is -1.62. The first-order valence-electron chi connectivity index (χ1n) is 4.90. The van der Waals surface area contributed by atoms with Crippen molar-refractivity contribution in [2.75, 3.05) is 13.1 Å². The third kappa shape index (κ3) is 2.07. The van der Waals surface area contributed by atoms with Crippen LogP contribution in [0.3, 0.4) is 0 Å². The molecule has 0 bridgehead atoms. The van der Waals surface area contributed by atoms with Crippen LogP contribution in [0.25, 0.3) is 0 Å². The highest BCUT2D eigenvalue weighted by atomic mass is 16.2. The Morgan fingerprint density at radius 3 is 3.00 bits per heavy atom. The second kappa shape index (κ2) is 3.86. The maximum atomic E-state index is 11.9. The van der Waals surface area contributed by atoms with Crippen LogP contribution in [0.15, 0.2) is 23.1 Å². The highest BCUT2D eigenvalue weighted by Crippen LogP contribution is 2.10. The minimum atomic E-state index is -0.260. The first-order chi connectivity index (χ1) is 7.16. The molecule has 1 aliphatic rings. The Labute approximate surface area is 86.9 Å². The van der Waals surface area contributed by atoms with Crippen LogP contribution < -0.4 is 11.3 Å². The molecule has 1 fully saturated rings. The molecular formula is C10H13N3O2. The van der Waals surface area contributed by atoms with Crippen LogP contribution in [0.4, 0.5) is 0 Å². The number of likely N-dealkylation sites (tertiary alicyclic amines) is 1. The molecule has 3 N–H and O–H groups in total. The predicted molar refractivity (Wildman–Crippen MR) is 55.6 cm³/mol. The Morgan fingerprint density at radius 1 is 1.60 bits per heavy atom. The fourth-order valence-corrected chi connectivity index (χ4v) is 1.73. The van der Waals surface area contributed by atoms with Crippen LogP contribution in [0.1, 0.15) is 16.8 Å². The van der Waals surface area contributed by atoms with Gasteiger partial charge in [0.05, 0.1) is 0 Å². The molecule has 5 heteroatoms. The molecule has 0 radical (unpaired) electrons. The first kappa shape index (κ1) is 9.92. The summed E-state index contributed by atoms with van der Waals surface area (Å²) in [5, 5.41) is 0.